The van der Waals surface area contributed by atoms with Gasteiger partial charge in [-0.2, -0.15) is 0 Å². The average Bonchev–Trinajstić information content (AvgIpc) is 2.55. The molecule has 5 heteroatoms. The van der Waals surface area contributed by atoms with E-state index in [1.807, 2.05) is 19.9 Å². The van der Waals surface area contributed by atoms with Gasteiger partial charge >= 0.3 is 0 Å². The minimum atomic E-state index is -0.465. The highest BCUT2D eigenvalue weighted by molar-refractivity contribution is 6.05. The number of hydrogen-bond acceptors (Lipinski definition) is 2. The molecule has 122 valence electrons. The molecule has 0 aliphatic heterocycles. The van der Waals surface area contributed by atoms with Crippen LogP contribution in [0.15, 0.2) is 47.3 Å². The van der Waals surface area contributed by atoms with E-state index in [1.54, 1.807) is 18.2 Å². The number of aromatic amines is 1. The summed E-state index contributed by atoms with van der Waals surface area (Å²) in [6, 6.07) is 10.8. The molecule has 0 saturated heterocycles. The van der Waals surface area contributed by atoms with E-state index in [1.165, 1.54) is 18.2 Å². The molecule has 3 rings (SSSR count). The summed E-state index contributed by atoms with van der Waals surface area (Å²) >= 11 is 0. The molecule has 0 unspecified atom stereocenters. The highest BCUT2D eigenvalue weighted by atomic mass is 19.1. The number of nitrogens with one attached hydrogen (secondary N) is 2. The molecule has 2 aromatic carbocycles. The first-order chi connectivity index (χ1) is 11.5. The maximum absolute atomic E-state index is 13.2. The Morgan fingerprint density at radius 2 is 2.00 bits per heavy atom. The summed E-state index contributed by atoms with van der Waals surface area (Å²) in [5.74, 6) is -0.869. The second-order valence-corrected chi connectivity index (χ2v) is 5.64. The molecule has 0 radical (unpaired) electrons. The fourth-order valence-electron chi connectivity index (χ4n) is 2.84. The first kappa shape index (κ1) is 15.9. The lowest BCUT2D eigenvalue weighted by atomic mass is 10.0. The van der Waals surface area contributed by atoms with Gasteiger partial charge in [-0.3, -0.25) is 9.59 Å². The molecule has 24 heavy (non-hydrogen) atoms. The van der Waals surface area contributed by atoms with Gasteiger partial charge in [0.25, 0.3) is 11.5 Å². The lowest BCUT2D eigenvalue weighted by molar-refractivity contribution is 0.102. The number of halogens is 1. The molecular formula is C19H17FN2O2. The number of H-pyrrole nitrogens is 1. The second-order valence-electron chi connectivity index (χ2n) is 5.64. The van der Waals surface area contributed by atoms with Crippen LogP contribution in [0.2, 0.25) is 0 Å². The van der Waals surface area contributed by atoms with E-state index in [0.29, 0.717) is 17.6 Å². The molecular weight excluding hydrogens is 307 g/mol. The Balaban J connectivity index is 1.97. The van der Waals surface area contributed by atoms with Crippen LogP contribution >= 0.6 is 0 Å². The Kier molecular flexibility index (Phi) is 4.16. The maximum Gasteiger partial charge on any atom is 0.255 e. The smallest absolute Gasteiger partial charge is 0.255 e. The molecule has 0 spiro atoms. The predicted octanol–water partition coefficient (Wildman–Crippen LogP) is 3.79. The van der Waals surface area contributed by atoms with Crippen LogP contribution in [0.25, 0.3) is 10.9 Å². The van der Waals surface area contributed by atoms with Crippen molar-refractivity contribution in [2.75, 3.05) is 5.32 Å². The second kappa shape index (κ2) is 6.28. The van der Waals surface area contributed by atoms with Gasteiger partial charge in [0.2, 0.25) is 0 Å². The van der Waals surface area contributed by atoms with Crippen molar-refractivity contribution >= 4 is 22.5 Å². The van der Waals surface area contributed by atoms with E-state index in [4.69, 9.17) is 0 Å². The van der Waals surface area contributed by atoms with Crippen molar-refractivity contribution in [2.45, 2.75) is 20.3 Å². The number of fused-ring (bicyclic) bond motifs is 1. The summed E-state index contributed by atoms with van der Waals surface area (Å²) < 4.78 is 13.2. The predicted molar refractivity (Wildman–Crippen MR) is 93.0 cm³/mol. The van der Waals surface area contributed by atoms with Gasteiger partial charge in [-0.1, -0.05) is 19.1 Å². The molecule has 2 N–H and O–H groups in total. The first-order valence-corrected chi connectivity index (χ1v) is 7.72. The van der Waals surface area contributed by atoms with Crippen molar-refractivity contribution < 1.29 is 9.18 Å². The molecule has 1 heterocycles. The van der Waals surface area contributed by atoms with E-state index in [9.17, 15) is 14.0 Å². The Labute approximate surface area is 138 Å². The van der Waals surface area contributed by atoms with Crippen molar-refractivity contribution in [3.63, 3.8) is 0 Å². The maximum atomic E-state index is 13.2. The Morgan fingerprint density at radius 3 is 2.71 bits per heavy atom. The fourth-order valence-corrected chi connectivity index (χ4v) is 2.84. The van der Waals surface area contributed by atoms with Gasteiger partial charge in [0, 0.05) is 22.2 Å². The van der Waals surface area contributed by atoms with Gasteiger partial charge in [0.15, 0.2) is 0 Å². The number of pyridine rings is 1. The summed E-state index contributed by atoms with van der Waals surface area (Å²) in [6.07, 6.45) is 0.662. The standard InChI is InChI=1S/C19H17FN2O2/c1-3-15-11(2)16-8-7-14(10-17(16)22-19(15)24)21-18(23)12-5-4-6-13(20)9-12/h4-10H,3H2,1-2H3,(H,21,23)(H,22,24). The highest BCUT2D eigenvalue weighted by Gasteiger charge is 2.10. The van der Waals surface area contributed by atoms with Crippen molar-refractivity contribution in [3.8, 4) is 0 Å². The van der Waals surface area contributed by atoms with Crippen LogP contribution in [0.1, 0.15) is 28.4 Å². The third-order valence-electron chi connectivity index (χ3n) is 4.10. The van der Waals surface area contributed by atoms with Gasteiger partial charge in [0.05, 0.1) is 5.52 Å². The summed E-state index contributed by atoms with van der Waals surface area (Å²) in [4.78, 5) is 27.1. The third kappa shape index (κ3) is 2.93. The van der Waals surface area contributed by atoms with Crippen molar-refractivity contribution in [1.82, 2.24) is 4.98 Å². The van der Waals surface area contributed by atoms with Gasteiger partial charge in [0.1, 0.15) is 5.82 Å². The normalized spacial score (nSPS) is 10.8. The molecule has 3 aromatic rings. The van der Waals surface area contributed by atoms with Crippen LogP contribution in [-0.2, 0) is 6.42 Å². The summed E-state index contributed by atoms with van der Waals surface area (Å²) in [6.45, 7) is 3.86. The van der Waals surface area contributed by atoms with Crippen LogP contribution < -0.4 is 10.9 Å². The van der Waals surface area contributed by atoms with Gasteiger partial charge in [-0.15, -0.1) is 0 Å². The Bertz CT molecular complexity index is 992. The van der Waals surface area contributed by atoms with Crippen molar-refractivity contribution in [2.24, 2.45) is 0 Å². The molecule has 0 atom stereocenters. The number of carbonyl (C=O) groups is 1. The molecule has 0 bridgehead atoms. The first-order valence-electron chi connectivity index (χ1n) is 7.72. The average molecular weight is 324 g/mol. The van der Waals surface area contributed by atoms with Crippen molar-refractivity contribution in [3.05, 3.63) is 75.3 Å². The van der Waals surface area contributed by atoms with Gasteiger partial charge in [-0.25, -0.2) is 4.39 Å². The summed E-state index contributed by atoms with van der Waals surface area (Å²) in [5.41, 5.74) is 3.03. The molecule has 1 amide bonds. The van der Waals surface area contributed by atoms with E-state index in [-0.39, 0.29) is 11.1 Å². The molecule has 0 fully saturated rings. The van der Waals surface area contributed by atoms with Gasteiger partial charge in [-0.05, 0) is 49.2 Å². The number of aromatic nitrogens is 1. The number of carbonyl (C=O) groups excluding carboxylic acids is 1. The fraction of sp³-hybridized carbons (Fsp3) is 0.158. The molecule has 0 aliphatic rings. The number of anilines is 1. The topological polar surface area (TPSA) is 62.0 Å². The number of rotatable bonds is 3. The third-order valence-corrected chi connectivity index (χ3v) is 4.10. The zero-order chi connectivity index (χ0) is 17.3. The zero-order valence-electron chi connectivity index (χ0n) is 13.4. The van der Waals surface area contributed by atoms with Crippen LogP contribution in [-0.4, -0.2) is 10.9 Å². The van der Waals surface area contributed by atoms with Gasteiger partial charge < -0.3 is 10.3 Å². The van der Waals surface area contributed by atoms with Crippen LogP contribution in [0.3, 0.4) is 0 Å². The molecule has 4 nitrogen and oxygen atoms in total. The summed E-state index contributed by atoms with van der Waals surface area (Å²) in [5, 5.41) is 3.66. The van der Waals surface area contributed by atoms with Crippen LogP contribution in [0.4, 0.5) is 10.1 Å². The minimum Gasteiger partial charge on any atom is -0.322 e. The molecule has 1 aromatic heterocycles. The number of benzene rings is 2. The van der Waals surface area contributed by atoms with E-state index >= 15 is 0 Å². The number of amides is 1. The number of hydrogen-bond donors (Lipinski definition) is 2. The zero-order valence-corrected chi connectivity index (χ0v) is 13.4. The minimum absolute atomic E-state index is 0.115. The van der Waals surface area contributed by atoms with Crippen LogP contribution in [0, 0.1) is 12.7 Å². The molecule has 0 aliphatic carbocycles. The highest BCUT2D eigenvalue weighted by Crippen LogP contribution is 2.22. The Hall–Kier alpha value is -2.95. The lowest BCUT2D eigenvalue weighted by Crippen LogP contribution is -2.15. The quantitative estimate of drug-likeness (QED) is 0.770. The summed E-state index contributed by atoms with van der Waals surface area (Å²) in [7, 11) is 0. The lowest BCUT2D eigenvalue weighted by Gasteiger charge is -2.10. The van der Waals surface area contributed by atoms with E-state index < -0.39 is 11.7 Å². The van der Waals surface area contributed by atoms with Crippen LogP contribution in [0.5, 0.6) is 0 Å². The largest absolute Gasteiger partial charge is 0.322 e. The number of aryl methyl sites for hydroxylation is 1. The SMILES string of the molecule is CCc1c(C)c2ccc(NC(=O)c3cccc(F)c3)cc2[nH]c1=O. The molecule has 0 saturated carbocycles. The Morgan fingerprint density at radius 1 is 1.21 bits per heavy atom. The van der Waals surface area contributed by atoms with Crippen molar-refractivity contribution in [1.29, 1.82) is 0 Å². The monoisotopic (exact) mass is 324 g/mol. The van der Waals surface area contributed by atoms with E-state index in [2.05, 4.69) is 10.3 Å². The van der Waals surface area contributed by atoms with E-state index in [0.717, 1.165) is 16.5 Å².